The van der Waals surface area contributed by atoms with Crippen molar-refractivity contribution in [1.29, 1.82) is 0 Å². The minimum absolute atomic E-state index is 0.103. The maximum absolute atomic E-state index is 10.2. The van der Waals surface area contributed by atoms with E-state index in [2.05, 4.69) is 67.7 Å². The number of nitrogens with zero attached hydrogens (tertiary/aromatic N) is 1. The smallest absolute Gasteiger partial charge is 0.203 e. The van der Waals surface area contributed by atoms with Gasteiger partial charge in [-0.2, -0.15) is 0 Å². The monoisotopic (exact) mass is 331 g/mol. The van der Waals surface area contributed by atoms with Gasteiger partial charge in [-0.25, -0.2) is 0 Å². The van der Waals surface area contributed by atoms with Crippen LogP contribution in [0.3, 0.4) is 0 Å². The summed E-state index contributed by atoms with van der Waals surface area (Å²) in [5.41, 5.74) is 0. The summed E-state index contributed by atoms with van der Waals surface area (Å²) >= 11 is 0. The molecule has 0 bridgehead atoms. The third-order valence-electron chi connectivity index (χ3n) is 3.37. The second-order valence-electron chi connectivity index (χ2n) is 5.61. The number of rotatable bonds is 15. The molecule has 0 unspecified atom stereocenters. The molecule has 0 saturated carbocycles. The summed E-state index contributed by atoms with van der Waals surface area (Å²) in [6, 6.07) is 0. The van der Waals surface area contributed by atoms with Crippen LogP contribution in [0.25, 0.3) is 0 Å². The topological polar surface area (TPSA) is 43.1 Å². The van der Waals surface area contributed by atoms with E-state index in [-0.39, 0.29) is 11.5 Å². The summed E-state index contributed by atoms with van der Waals surface area (Å²) < 4.78 is 0. The number of unbranched alkanes of at least 4 members (excludes halogenated alkanes) is 3. The Morgan fingerprint density at radius 1 is 0.667 bits per heavy atom. The maximum atomic E-state index is 10.2. The van der Waals surface area contributed by atoms with Crippen LogP contribution in [0.1, 0.15) is 64.7 Å². The second-order valence-corrected chi connectivity index (χ2v) is 5.61. The van der Waals surface area contributed by atoms with Gasteiger partial charge < -0.3 is 0 Å². The van der Waals surface area contributed by atoms with Crippen molar-refractivity contribution in [3.05, 3.63) is 70.9 Å². The van der Waals surface area contributed by atoms with E-state index >= 15 is 0 Å². The van der Waals surface area contributed by atoms with Crippen molar-refractivity contribution >= 4 is 0 Å². The molecular weight excluding hydrogens is 298 g/mol. The molecule has 3 nitrogen and oxygen atoms in total. The minimum atomic E-state index is -0.240. The SMILES string of the molecule is CCC=CCC=CCC=CCC=CCC=CCCCCC[N+](=O)[O-]. The summed E-state index contributed by atoms with van der Waals surface area (Å²) in [6.45, 7) is 2.25. The molecule has 0 aromatic heterocycles. The average molecular weight is 332 g/mol. The highest BCUT2D eigenvalue weighted by Crippen LogP contribution is 2.02. The molecule has 0 spiro atoms. The molecule has 0 saturated heterocycles. The Morgan fingerprint density at radius 2 is 1.12 bits per heavy atom. The molecule has 0 N–H and O–H groups in total. The molecule has 0 rings (SSSR count). The zero-order chi connectivity index (χ0) is 17.7. The molecule has 0 aromatic rings. The number of allylic oxidation sites excluding steroid dienone is 10. The third-order valence-corrected chi connectivity index (χ3v) is 3.37. The van der Waals surface area contributed by atoms with Crippen molar-refractivity contribution in [1.82, 2.24) is 0 Å². The van der Waals surface area contributed by atoms with Gasteiger partial charge in [0.05, 0.1) is 0 Å². The van der Waals surface area contributed by atoms with Crippen molar-refractivity contribution in [2.75, 3.05) is 6.54 Å². The fourth-order valence-electron chi connectivity index (χ4n) is 2.05. The number of hydrogen-bond donors (Lipinski definition) is 0. The van der Waals surface area contributed by atoms with Gasteiger partial charge in [-0.05, 0) is 51.4 Å². The molecule has 0 atom stereocenters. The first-order chi connectivity index (χ1) is 11.8. The zero-order valence-electron chi connectivity index (χ0n) is 15.1. The van der Waals surface area contributed by atoms with E-state index in [1.807, 2.05) is 0 Å². The van der Waals surface area contributed by atoms with Crippen LogP contribution in [0, 0.1) is 10.1 Å². The maximum Gasteiger partial charge on any atom is 0.203 e. The molecule has 0 aliphatic heterocycles. The van der Waals surface area contributed by atoms with E-state index in [4.69, 9.17) is 0 Å². The molecule has 0 radical (unpaired) electrons. The van der Waals surface area contributed by atoms with Crippen LogP contribution in [-0.4, -0.2) is 11.5 Å². The van der Waals surface area contributed by atoms with Crippen molar-refractivity contribution in [2.24, 2.45) is 0 Å². The van der Waals surface area contributed by atoms with Gasteiger partial charge in [-0.1, -0.05) is 67.7 Å². The second kappa shape index (κ2) is 19.1. The fraction of sp³-hybridized carbons (Fsp3) is 0.524. The molecule has 24 heavy (non-hydrogen) atoms. The first-order valence-corrected chi connectivity index (χ1v) is 9.14. The lowest BCUT2D eigenvalue weighted by Gasteiger charge is -1.93. The molecule has 0 amide bonds. The molecular formula is C21H33NO2. The van der Waals surface area contributed by atoms with Crippen LogP contribution in [0.15, 0.2) is 60.8 Å². The van der Waals surface area contributed by atoms with E-state index < -0.39 is 0 Å². The van der Waals surface area contributed by atoms with Crippen molar-refractivity contribution in [2.45, 2.75) is 64.7 Å². The van der Waals surface area contributed by atoms with E-state index in [0.717, 1.165) is 51.4 Å². The Kier molecular flexibility index (Phi) is 17.6. The van der Waals surface area contributed by atoms with Crippen molar-refractivity contribution < 1.29 is 4.92 Å². The van der Waals surface area contributed by atoms with Crippen LogP contribution in [-0.2, 0) is 0 Å². The quantitative estimate of drug-likeness (QED) is 0.147. The van der Waals surface area contributed by atoms with Crippen LogP contribution < -0.4 is 0 Å². The van der Waals surface area contributed by atoms with Crippen molar-refractivity contribution in [3.8, 4) is 0 Å². The molecule has 3 heteroatoms. The van der Waals surface area contributed by atoms with Gasteiger partial charge in [0.15, 0.2) is 0 Å². The minimum Gasteiger partial charge on any atom is -0.265 e. The Bertz CT molecular complexity index is 431. The van der Waals surface area contributed by atoms with E-state index in [1.165, 1.54) is 0 Å². The predicted molar refractivity (Wildman–Crippen MR) is 105 cm³/mol. The number of hydrogen-bond acceptors (Lipinski definition) is 2. The van der Waals surface area contributed by atoms with Gasteiger partial charge in [0, 0.05) is 11.3 Å². The lowest BCUT2D eigenvalue weighted by Crippen LogP contribution is -1.99. The summed E-state index contributed by atoms with van der Waals surface area (Å²) in [4.78, 5) is 9.92. The molecule has 0 fully saturated rings. The summed E-state index contributed by atoms with van der Waals surface area (Å²) in [7, 11) is 0. The zero-order valence-corrected chi connectivity index (χ0v) is 15.1. The van der Waals surface area contributed by atoms with E-state index in [0.29, 0.717) is 6.42 Å². The highest BCUT2D eigenvalue weighted by atomic mass is 16.6. The Balaban J connectivity index is 3.42. The summed E-state index contributed by atoms with van der Waals surface area (Å²) in [5.74, 6) is 0. The summed E-state index contributed by atoms with van der Waals surface area (Å²) in [6.07, 6.45) is 30.7. The van der Waals surface area contributed by atoms with Crippen LogP contribution >= 0.6 is 0 Å². The molecule has 0 aromatic carbocycles. The van der Waals surface area contributed by atoms with Gasteiger partial charge in [0.25, 0.3) is 0 Å². The molecule has 0 aliphatic carbocycles. The normalized spacial score (nSPS) is 12.7. The van der Waals surface area contributed by atoms with E-state index in [1.54, 1.807) is 0 Å². The largest absolute Gasteiger partial charge is 0.265 e. The fourth-order valence-corrected chi connectivity index (χ4v) is 2.05. The lowest BCUT2D eigenvalue weighted by molar-refractivity contribution is -0.480. The highest BCUT2D eigenvalue weighted by Gasteiger charge is 1.94. The molecule has 0 aliphatic rings. The molecule has 134 valence electrons. The van der Waals surface area contributed by atoms with Crippen molar-refractivity contribution in [3.63, 3.8) is 0 Å². The van der Waals surface area contributed by atoms with Gasteiger partial charge in [-0.15, -0.1) is 0 Å². The Labute approximate surface area is 147 Å². The Morgan fingerprint density at radius 3 is 1.58 bits per heavy atom. The first kappa shape index (κ1) is 22.1. The Hall–Kier alpha value is -1.90. The van der Waals surface area contributed by atoms with Gasteiger partial charge >= 0.3 is 0 Å². The van der Waals surface area contributed by atoms with Crippen LogP contribution in [0.4, 0.5) is 0 Å². The van der Waals surface area contributed by atoms with Gasteiger partial charge in [0.1, 0.15) is 0 Å². The van der Waals surface area contributed by atoms with E-state index in [9.17, 15) is 10.1 Å². The predicted octanol–water partition coefficient (Wildman–Crippen LogP) is 6.57. The molecule has 0 heterocycles. The lowest BCUT2D eigenvalue weighted by atomic mass is 10.2. The van der Waals surface area contributed by atoms with Crippen LogP contribution in [0.2, 0.25) is 0 Å². The average Bonchev–Trinajstić information content (AvgIpc) is 2.56. The summed E-state index contributed by atoms with van der Waals surface area (Å²) in [5, 5.41) is 10.2. The first-order valence-electron chi connectivity index (χ1n) is 9.14. The van der Waals surface area contributed by atoms with Gasteiger partial charge in [0.2, 0.25) is 6.54 Å². The number of nitro groups is 1. The highest BCUT2D eigenvalue weighted by molar-refractivity contribution is 5.00. The third kappa shape index (κ3) is 20.1. The van der Waals surface area contributed by atoms with Gasteiger partial charge in [-0.3, -0.25) is 10.1 Å². The van der Waals surface area contributed by atoms with Crippen LogP contribution in [0.5, 0.6) is 0 Å². The standard InChI is InChI=1S/C21H33NO2/c1-2-3-4-5-6-7-8-9-10-11-12-13-14-15-16-17-18-19-20-21-22(23)24/h3-4,6-7,9-10,12-13,15-16H,2,5,8,11,14,17-21H2,1H3.